The van der Waals surface area contributed by atoms with Crippen LogP contribution >= 0.6 is 23.4 Å². The molecule has 0 aliphatic heterocycles. The van der Waals surface area contributed by atoms with Gasteiger partial charge in [-0.05, 0) is 12.7 Å². The smallest absolute Gasteiger partial charge is 0.163 e. The molecule has 0 saturated carbocycles. The third-order valence-electron chi connectivity index (χ3n) is 3.39. The van der Waals surface area contributed by atoms with E-state index in [2.05, 4.69) is 23.4 Å². The Morgan fingerprint density at radius 1 is 1.29 bits per heavy atom. The number of hydrogen-bond donors (Lipinski definition) is 0. The number of hydrogen-bond acceptors (Lipinski definition) is 4. The Kier molecular flexibility index (Phi) is 5.65. The topological polar surface area (TPSA) is 36.3 Å². The molecule has 0 aliphatic rings. The quantitative estimate of drug-likeness (QED) is 0.717. The van der Waals surface area contributed by atoms with Gasteiger partial charge in [0.15, 0.2) is 11.5 Å². The van der Waals surface area contributed by atoms with Crippen LogP contribution in [0.4, 0.5) is 0 Å². The van der Waals surface area contributed by atoms with Crippen molar-refractivity contribution in [1.82, 2.24) is 9.55 Å². The van der Waals surface area contributed by atoms with Gasteiger partial charge >= 0.3 is 0 Å². The fraction of sp³-hybridized carbons (Fsp3) is 0.533. The van der Waals surface area contributed by atoms with Crippen molar-refractivity contribution in [3.8, 4) is 11.5 Å². The summed E-state index contributed by atoms with van der Waals surface area (Å²) < 4.78 is 12.9. The standard InChI is InChI=1S/C15H21ClN2O2S/c1-5-21-9-10(2)18-12-7-14(20-4)13(19-3)6-11(12)17-15(18)8-16/h6-7,10H,5,8-9H2,1-4H3. The predicted octanol–water partition coefficient (Wildman–Crippen LogP) is 4.11. The second-order valence-electron chi connectivity index (χ2n) is 4.74. The Hall–Kier alpha value is -1.07. The van der Waals surface area contributed by atoms with Gasteiger partial charge in [0.25, 0.3) is 0 Å². The molecule has 116 valence electrons. The number of imidazole rings is 1. The molecule has 2 aromatic rings. The van der Waals surface area contributed by atoms with E-state index in [1.807, 2.05) is 23.9 Å². The molecule has 0 aliphatic carbocycles. The highest BCUT2D eigenvalue weighted by Gasteiger charge is 2.18. The van der Waals surface area contributed by atoms with Gasteiger partial charge in [-0.15, -0.1) is 11.6 Å². The van der Waals surface area contributed by atoms with Crippen LogP contribution in [0.15, 0.2) is 12.1 Å². The molecule has 0 amide bonds. The van der Waals surface area contributed by atoms with Crippen molar-refractivity contribution in [2.24, 2.45) is 0 Å². The van der Waals surface area contributed by atoms with E-state index in [9.17, 15) is 0 Å². The monoisotopic (exact) mass is 328 g/mol. The lowest BCUT2D eigenvalue weighted by Crippen LogP contribution is -2.11. The van der Waals surface area contributed by atoms with Crippen LogP contribution in [0.25, 0.3) is 11.0 Å². The minimum Gasteiger partial charge on any atom is -0.493 e. The molecule has 0 fully saturated rings. The fourth-order valence-corrected chi connectivity index (χ4v) is 3.34. The number of aromatic nitrogens is 2. The first-order valence-electron chi connectivity index (χ1n) is 6.92. The Balaban J connectivity index is 2.56. The van der Waals surface area contributed by atoms with E-state index in [0.29, 0.717) is 23.4 Å². The largest absolute Gasteiger partial charge is 0.493 e. The Morgan fingerprint density at radius 2 is 1.95 bits per heavy atom. The maximum absolute atomic E-state index is 6.08. The van der Waals surface area contributed by atoms with Crippen molar-refractivity contribution >= 4 is 34.4 Å². The van der Waals surface area contributed by atoms with Crippen molar-refractivity contribution in [3.05, 3.63) is 18.0 Å². The van der Waals surface area contributed by atoms with Crippen LogP contribution in [0.3, 0.4) is 0 Å². The summed E-state index contributed by atoms with van der Waals surface area (Å²) in [6.07, 6.45) is 0. The Bertz CT molecular complexity index is 615. The van der Waals surface area contributed by atoms with E-state index in [0.717, 1.165) is 28.4 Å². The van der Waals surface area contributed by atoms with Gasteiger partial charge in [0.05, 0.1) is 31.1 Å². The third kappa shape index (κ3) is 3.24. The zero-order valence-corrected chi connectivity index (χ0v) is 14.4. The van der Waals surface area contributed by atoms with Gasteiger partial charge in [-0.1, -0.05) is 6.92 Å². The van der Waals surface area contributed by atoms with Gasteiger partial charge < -0.3 is 14.0 Å². The number of alkyl halides is 1. The second-order valence-corrected chi connectivity index (χ2v) is 6.32. The van der Waals surface area contributed by atoms with E-state index in [1.165, 1.54) is 0 Å². The summed E-state index contributed by atoms with van der Waals surface area (Å²) in [6, 6.07) is 4.21. The molecular formula is C15H21ClN2O2S. The maximum atomic E-state index is 6.08. The first-order chi connectivity index (χ1) is 10.2. The minimum absolute atomic E-state index is 0.326. The molecule has 0 saturated heterocycles. The number of methoxy groups -OCH3 is 2. The lowest BCUT2D eigenvalue weighted by atomic mass is 10.2. The lowest BCUT2D eigenvalue weighted by molar-refractivity contribution is 0.355. The van der Waals surface area contributed by atoms with E-state index in [-0.39, 0.29) is 0 Å². The molecule has 1 unspecified atom stereocenters. The Labute approximate surface area is 134 Å². The van der Waals surface area contributed by atoms with Crippen LogP contribution in [0, 0.1) is 0 Å². The molecule has 21 heavy (non-hydrogen) atoms. The molecule has 1 atom stereocenters. The molecular weight excluding hydrogens is 308 g/mol. The second kappa shape index (κ2) is 7.27. The summed E-state index contributed by atoms with van der Waals surface area (Å²) in [7, 11) is 3.27. The normalized spacial score (nSPS) is 12.6. The van der Waals surface area contributed by atoms with Crippen LogP contribution < -0.4 is 9.47 Å². The molecule has 6 heteroatoms. The average Bonchev–Trinajstić information content (AvgIpc) is 2.88. The van der Waals surface area contributed by atoms with E-state index in [4.69, 9.17) is 21.1 Å². The third-order valence-corrected chi connectivity index (χ3v) is 4.76. The summed E-state index contributed by atoms with van der Waals surface area (Å²) in [6.45, 7) is 4.36. The number of halogens is 1. The van der Waals surface area contributed by atoms with E-state index < -0.39 is 0 Å². The van der Waals surface area contributed by atoms with Gasteiger partial charge in [-0.3, -0.25) is 0 Å². The predicted molar refractivity (Wildman–Crippen MR) is 90.1 cm³/mol. The number of nitrogens with zero attached hydrogens (tertiary/aromatic N) is 2. The summed E-state index contributed by atoms with van der Waals surface area (Å²) >= 11 is 7.99. The summed E-state index contributed by atoms with van der Waals surface area (Å²) in [5.74, 6) is 4.80. The first-order valence-corrected chi connectivity index (χ1v) is 8.61. The zero-order valence-electron chi connectivity index (χ0n) is 12.9. The molecule has 1 heterocycles. The van der Waals surface area contributed by atoms with Gasteiger partial charge in [0.1, 0.15) is 5.82 Å². The van der Waals surface area contributed by atoms with Crippen LogP contribution in [0.1, 0.15) is 25.7 Å². The Morgan fingerprint density at radius 3 is 2.52 bits per heavy atom. The number of benzene rings is 1. The molecule has 0 radical (unpaired) electrons. The van der Waals surface area contributed by atoms with Crippen LogP contribution in [-0.4, -0.2) is 35.3 Å². The fourth-order valence-electron chi connectivity index (χ4n) is 2.42. The highest BCUT2D eigenvalue weighted by molar-refractivity contribution is 7.99. The van der Waals surface area contributed by atoms with Crippen molar-refractivity contribution in [1.29, 1.82) is 0 Å². The maximum Gasteiger partial charge on any atom is 0.163 e. The molecule has 1 aromatic carbocycles. The van der Waals surface area contributed by atoms with Crippen molar-refractivity contribution in [2.75, 3.05) is 25.7 Å². The summed E-state index contributed by atoms with van der Waals surface area (Å²) in [4.78, 5) is 4.63. The summed E-state index contributed by atoms with van der Waals surface area (Å²) in [5, 5.41) is 0. The molecule has 0 bridgehead atoms. The number of fused-ring (bicyclic) bond motifs is 1. The van der Waals surface area contributed by atoms with E-state index >= 15 is 0 Å². The zero-order chi connectivity index (χ0) is 15.4. The summed E-state index contributed by atoms with van der Waals surface area (Å²) in [5.41, 5.74) is 1.92. The van der Waals surface area contributed by atoms with Crippen molar-refractivity contribution in [3.63, 3.8) is 0 Å². The van der Waals surface area contributed by atoms with Crippen LogP contribution in [0.2, 0.25) is 0 Å². The number of ether oxygens (including phenoxy) is 2. The number of thioether (sulfide) groups is 1. The first kappa shape index (κ1) is 16.3. The van der Waals surface area contributed by atoms with Crippen molar-refractivity contribution in [2.45, 2.75) is 25.8 Å². The molecule has 2 rings (SSSR count). The van der Waals surface area contributed by atoms with Crippen LogP contribution in [-0.2, 0) is 5.88 Å². The SMILES string of the molecule is CCSCC(C)n1c(CCl)nc2cc(OC)c(OC)cc21. The van der Waals surface area contributed by atoms with Gasteiger partial charge in [-0.25, -0.2) is 4.98 Å². The molecule has 0 spiro atoms. The minimum atomic E-state index is 0.326. The van der Waals surface area contributed by atoms with Gasteiger partial charge in [0.2, 0.25) is 0 Å². The van der Waals surface area contributed by atoms with Gasteiger partial charge in [0, 0.05) is 23.9 Å². The molecule has 1 aromatic heterocycles. The molecule has 0 N–H and O–H groups in total. The highest BCUT2D eigenvalue weighted by Crippen LogP contribution is 2.34. The van der Waals surface area contributed by atoms with Crippen LogP contribution in [0.5, 0.6) is 11.5 Å². The number of rotatable bonds is 7. The van der Waals surface area contributed by atoms with Gasteiger partial charge in [-0.2, -0.15) is 11.8 Å². The lowest BCUT2D eigenvalue weighted by Gasteiger charge is -2.17. The van der Waals surface area contributed by atoms with E-state index in [1.54, 1.807) is 14.2 Å². The van der Waals surface area contributed by atoms with Crippen molar-refractivity contribution < 1.29 is 9.47 Å². The average molecular weight is 329 g/mol. The highest BCUT2D eigenvalue weighted by atomic mass is 35.5. The molecule has 4 nitrogen and oxygen atoms in total.